The normalized spacial score (nSPS) is 14.3. The van der Waals surface area contributed by atoms with Crippen molar-refractivity contribution in [1.29, 1.82) is 0 Å². The summed E-state index contributed by atoms with van der Waals surface area (Å²) in [5, 5.41) is -0.574. The number of hydrogen-bond donors (Lipinski definition) is 0. The highest BCUT2D eigenvalue weighted by atomic mass is 35.5. The summed E-state index contributed by atoms with van der Waals surface area (Å²) >= 11 is 5.96. The van der Waals surface area contributed by atoms with Crippen molar-refractivity contribution in [3.8, 4) is 5.75 Å². The molecule has 0 amide bonds. The molecule has 2 nitrogen and oxygen atoms in total. The SMILES string of the molecule is CC[C@H](C)[C@H](Cl)C(=O)Oc1ccccc1. The van der Waals surface area contributed by atoms with Crippen LogP contribution >= 0.6 is 11.6 Å². The van der Waals surface area contributed by atoms with E-state index >= 15 is 0 Å². The number of hydrogen-bond acceptors (Lipinski definition) is 2. The van der Waals surface area contributed by atoms with Crippen LogP contribution in [0.1, 0.15) is 20.3 Å². The Balaban J connectivity index is 2.56. The second-order valence-corrected chi connectivity index (χ2v) is 3.99. The number of carbonyl (C=O) groups excluding carboxylic acids is 1. The molecule has 82 valence electrons. The Morgan fingerprint density at radius 1 is 1.40 bits per heavy atom. The molecule has 0 bridgehead atoms. The Bertz CT molecular complexity index is 311. The summed E-state index contributed by atoms with van der Waals surface area (Å²) in [4.78, 5) is 11.6. The van der Waals surface area contributed by atoms with Gasteiger partial charge in [0, 0.05) is 0 Å². The largest absolute Gasteiger partial charge is 0.425 e. The van der Waals surface area contributed by atoms with Crippen LogP contribution in [0.2, 0.25) is 0 Å². The lowest BCUT2D eigenvalue weighted by atomic mass is 10.1. The van der Waals surface area contributed by atoms with Crippen LogP contribution in [-0.2, 0) is 4.79 Å². The van der Waals surface area contributed by atoms with Crippen molar-refractivity contribution < 1.29 is 9.53 Å². The molecule has 3 heteroatoms. The third-order valence-electron chi connectivity index (χ3n) is 2.33. The molecule has 0 fully saturated rings. The summed E-state index contributed by atoms with van der Waals surface area (Å²) in [6.07, 6.45) is 0.859. The van der Waals surface area contributed by atoms with Gasteiger partial charge in [0.05, 0.1) is 0 Å². The lowest BCUT2D eigenvalue weighted by Crippen LogP contribution is -2.26. The summed E-state index contributed by atoms with van der Waals surface area (Å²) in [5.41, 5.74) is 0. The van der Waals surface area contributed by atoms with Gasteiger partial charge in [-0.15, -0.1) is 11.6 Å². The van der Waals surface area contributed by atoms with E-state index in [1.807, 2.05) is 32.0 Å². The molecule has 0 saturated heterocycles. The number of benzene rings is 1. The molecule has 0 aliphatic heterocycles. The molecule has 0 aromatic heterocycles. The van der Waals surface area contributed by atoms with Crippen LogP contribution in [0.15, 0.2) is 30.3 Å². The number of halogens is 1. The first-order valence-electron chi connectivity index (χ1n) is 5.06. The molecule has 1 rings (SSSR count). The van der Waals surface area contributed by atoms with Gasteiger partial charge in [0.1, 0.15) is 11.1 Å². The van der Waals surface area contributed by atoms with E-state index in [1.165, 1.54) is 0 Å². The monoisotopic (exact) mass is 226 g/mol. The number of rotatable bonds is 4. The van der Waals surface area contributed by atoms with Crippen molar-refractivity contribution in [2.24, 2.45) is 5.92 Å². The Kier molecular flexibility index (Phi) is 4.63. The molecule has 0 unspecified atom stereocenters. The first-order chi connectivity index (χ1) is 7.15. The zero-order chi connectivity index (χ0) is 11.3. The minimum Gasteiger partial charge on any atom is -0.425 e. The first kappa shape index (κ1) is 12.1. The Morgan fingerprint density at radius 2 is 2.00 bits per heavy atom. The van der Waals surface area contributed by atoms with E-state index in [-0.39, 0.29) is 11.9 Å². The van der Waals surface area contributed by atoms with E-state index < -0.39 is 5.38 Å². The predicted molar refractivity (Wildman–Crippen MR) is 61.2 cm³/mol. The fourth-order valence-electron chi connectivity index (χ4n) is 1.10. The molecule has 0 heterocycles. The quantitative estimate of drug-likeness (QED) is 0.448. The molecular weight excluding hydrogens is 212 g/mol. The van der Waals surface area contributed by atoms with Gasteiger partial charge in [0.2, 0.25) is 0 Å². The highest BCUT2D eigenvalue weighted by molar-refractivity contribution is 6.30. The zero-order valence-electron chi connectivity index (χ0n) is 8.94. The van der Waals surface area contributed by atoms with E-state index in [9.17, 15) is 4.79 Å². The fraction of sp³-hybridized carbons (Fsp3) is 0.417. The van der Waals surface area contributed by atoms with Crippen molar-refractivity contribution in [3.63, 3.8) is 0 Å². The number of para-hydroxylation sites is 1. The minimum absolute atomic E-state index is 0.128. The molecule has 0 aliphatic rings. The summed E-state index contributed by atoms with van der Waals surface area (Å²) in [6.45, 7) is 3.93. The third kappa shape index (κ3) is 3.56. The molecule has 1 aromatic rings. The van der Waals surface area contributed by atoms with Crippen molar-refractivity contribution in [1.82, 2.24) is 0 Å². The van der Waals surface area contributed by atoms with Gasteiger partial charge in [-0.05, 0) is 18.1 Å². The number of carbonyl (C=O) groups is 1. The summed E-state index contributed by atoms with van der Waals surface area (Å²) < 4.78 is 5.13. The summed E-state index contributed by atoms with van der Waals surface area (Å²) in [5.74, 6) is 0.288. The third-order valence-corrected chi connectivity index (χ3v) is 2.94. The van der Waals surface area contributed by atoms with Crippen molar-refractivity contribution in [2.75, 3.05) is 0 Å². The van der Waals surface area contributed by atoms with Gasteiger partial charge in [0.25, 0.3) is 0 Å². The number of esters is 1. The van der Waals surface area contributed by atoms with Gasteiger partial charge in [0.15, 0.2) is 0 Å². The van der Waals surface area contributed by atoms with Crippen LogP contribution in [-0.4, -0.2) is 11.3 Å². The van der Waals surface area contributed by atoms with E-state index in [0.717, 1.165) is 6.42 Å². The molecular formula is C12H15ClO2. The molecule has 1 aromatic carbocycles. The van der Waals surface area contributed by atoms with Crippen LogP contribution in [0.5, 0.6) is 5.75 Å². The van der Waals surface area contributed by atoms with Crippen LogP contribution in [0, 0.1) is 5.92 Å². The summed E-state index contributed by atoms with van der Waals surface area (Å²) in [6, 6.07) is 8.96. The Morgan fingerprint density at radius 3 is 2.53 bits per heavy atom. The van der Waals surface area contributed by atoms with Crippen molar-refractivity contribution in [3.05, 3.63) is 30.3 Å². The number of alkyl halides is 1. The molecule has 0 radical (unpaired) electrons. The Labute approximate surface area is 95.2 Å². The van der Waals surface area contributed by atoms with Crippen molar-refractivity contribution in [2.45, 2.75) is 25.6 Å². The van der Waals surface area contributed by atoms with E-state index in [2.05, 4.69) is 0 Å². The zero-order valence-corrected chi connectivity index (χ0v) is 9.70. The average molecular weight is 227 g/mol. The van der Waals surface area contributed by atoms with E-state index in [1.54, 1.807) is 12.1 Å². The average Bonchev–Trinajstić information content (AvgIpc) is 2.28. The van der Waals surface area contributed by atoms with Crippen LogP contribution in [0.3, 0.4) is 0 Å². The molecule has 0 spiro atoms. The van der Waals surface area contributed by atoms with Crippen LogP contribution in [0.25, 0.3) is 0 Å². The molecule has 0 N–H and O–H groups in total. The molecule has 0 saturated carbocycles. The maximum atomic E-state index is 11.6. The fourth-order valence-corrected chi connectivity index (χ4v) is 1.32. The van der Waals surface area contributed by atoms with Crippen LogP contribution in [0.4, 0.5) is 0 Å². The van der Waals surface area contributed by atoms with Gasteiger partial charge in [-0.3, -0.25) is 4.79 Å². The highest BCUT2D eigenvalue weighted by Gasteiger charge is 2.23. The maximum Gasteiger partial charge on any atom is 0.329 e. The molecule has 0 aliphatic carbocycles. The van der Waals surface area contributed by atoms with Gasteiger partial charge in [-0.2, -0.15) is 0 Å². The second-order valence-electron chi connectivity index (χ2n) is 3.52. The standard InChI is InChI=1S/C12H15ClO2/c1-3-9(2)11(13)12(14)15-10-7-5-4-6-8-10/h4-9,11H,3H2,1-2H3/t9-,11-/m0/s1. The molecule has 2 atom stereocenters. The topological polar surface area (TPSA) is 26.3 Å². The predicted octanol–water partition coefficient (Wildman–Crippen LogP) is 3.25. The van der Waals surface area contributed by atoms with E-state index in [4.69, 9.17) is 16.3 Å². The van der Waals surface area contributed by atoms with Gasteiger partial charge >= 0.3 is 5.97 Å². The van der Waals surface area contributed by atoms with Crippen molar-refractivity contribution >= 4 is 17.6 Å². The Hall–Kier alpha value is -1.02. The van der Waals surface area contributed by atoms with Gasteiger partial charge in [-0.1, -0.05) is 38.5 Å². The lowest BCUT2D eigenvalue weighted by molar-refractivity contribution is -0.134. The second kappa shape index (κ2) is 5.76. The van der Waals surface area contributed by atoms with E-state index in [0.29, 0.717) is 5.75 Å². The van der Waals surface area contributed by atoms with Gasteiger partial charge in [-0.25, -0.2) is 0 Å². The maximum absolute atomic E-state index is 11.6. The molecule has 15 heavy (non-hydrogen) atoms. The smallest absolute Gasteiger partial charge is 0.329 e. The first-order valence-corrected chi connectivity index (χ1v) is 5.49. The van der Waals surface area contributed by atoms with Gasteiger partial charge < -0.3 is 4.74 Å². The highest BCUT2D eigenvalue weighted by Crippen LogP contribution is 2.17. The minimum atomic E-state index is -0.574. The lowest BCUT2D eigenvalue weighted by Gasteiger charge is -2.14. The van der Waals surface area contributed by atoms with Crippen LogP contribution < -0.4 is 4.74 Å². The summed E-state index contributed by atoms with van der Waals surface area (Å²) in [7, 11) is 0. The number of ether oxygens (including phenoxy) is 1.